The van der Waals surface area contributed by atoms with Crippen LogP contribution in [0, 0.1) is 12.7 Å². The van der Waals surface area contributed by atoms with Gasteiger partial charge in [0.1, 0.15) is 11.6 Å². The first-order valence-electron chi connectivity index (χ1n) is 4.83. The van der Waals surface area contributed by atoms with Crippen LogP contribution in [-0.2, 0) is 0 Å². The normalized spacial score (nSPS) is 10.4. The van der Waals surface area contributed by atoms with Crippen molar-refractivity contribution < 1.29 is 9.50 Å². The summed E-state index contributed by atoms with van der Waals surface area (Å²) < 4.78 is 13.6. The van der Waals surface area contributed by atoms with Crippen LogP contribution >= 0.6 is 11.6 Å². The summed E-state index contributed by atoms with van der Waals surface area (Å²) >= 11 is 5.98. The van der Waals surface area contributed by atoms with Crippen LogP contribution in [-0.4, -0.2) is 5.11 Å². The molecule has 0 atom stereocenters. The topological polar surface area (TPSA) is 20.2 Å². The lowest BCUT2D eigenvalue weighted by Crippen LogP contribution is -1.85. The van der Waals surface area contributed by atoms with Crippen molar-refractivity contribution in [3.8, 4) is 16.9 Å². The second-order valence-corrected chi connectivity index (χ2v) is 4.04. The Labute approximate surface area is 98.1 Å². The summed E-state index contributed by atoms with van der Waals surface area (Å²) in [5, 5.41) is 9.72. The summed E-state index contributed by atoms with van der Waals surface area (Å²) in [5.74, 6) is -0.542. The van der Waals surface area contributed by atoms with Gasteiger partial charge in [0.2, 0.25) is 0 Å². The highest BCUT2D eigenvalue weighted by Gasteiger charge is 2.07. The Bertz CT molecular complexity index is 537. The van der Waals surface area contributed by atoms with Crippen LogP contribution in [0.1, 0.15) is 5.56 Å². The molecule has 2 aromatic carbocycles. The van der Waals surface area contributed by atoms with Crippen molar-refractivity contribution in [2.24, 2.45) is 0 Å². The zero-order valence-electron chi connectivity index (χ0n) is 8.67. The van der Waals surface area contributed by atoms with E-state index < -0.39 is 5.82 Å². The van der Waals surface area contributed by atoms with Gasteiger partial charge in [0.25, 0.3) is 0 Å². The van der Waals surface area contributed by atoms with Crippen molar-refractivity contribution in [2.75, 3.05) is 0 Å². The number of aryl methyl sites for hydroxylation is 1. The van der Waals surface area contributed by atoms with Gasteiger partial charge in [-0.3, -0.25) is 0 Å². The van der Waals surface area contributed by atoms with E-state index in [1.807, 2.05) is 13.0 Å². The molecule has 1 N–H and O–H groups in total. The summed E-state index contributed by atoms with van der Waals surface area (Å²) in [6.45, 7) is 1.89. The van der Waals surface area contributed by atoms with E-state index in [4.69, 9.17) is 16.7 Å². The average Bonchev–Trinajstić information content (AvgIpc) is 2.22. The number of hydrogen-bond acceptors (Lipinski definition) is 1. The number of benzene rings is 2. The summed E-state index contributed by atoms with van der Waals surface area (Å²) in [6.07, 6.45) is 0. The second kappa shape index (κ2) is 4.14. The Morgan fingerprint density at radius 3 is 2.50 bits per heavy atom. The molecule has 0 aromatic heterocycles. The fraction of sp³-hybridized carbons (Fsp3) is 0.0769. The Kier molecular flexibility index (Phi) is 2.84. The minimum atomic E-state index is -0.458. The number of aromatic hydroxyl groups is 1. The zero-order chi connectivity index (χ0) is 11.7. The predicted molar refractivity (Wildman–Crippen MR) is 63.2 cm³/mol. The fourth-order valence-electron chi connectivity index (χ4n) is 1.50. The quantitative estimate of drug-likeness (QED) is 0.788. The molecule has 82 valence electrons. The van der Waals surface area contributed by atoms with Gasteiger partial charge in [-0.05, 0) is 36.2 Å². The second-order valence-electron chi connectivity index (χ2n) is 3.63. The monoisotopic (exact) mass is 236 g/mol. The van der Waals surface area contributed by atoms with Crippen molar-refractivity contribution in [1.82, 2.24) is 0 Å². The molecule has 0 radical (unpaired) electrons. The fourth-order valence-corrected chi connectivity index (χ4v) is 1.68. The van der Waals surface area contributed by atoms with Crippen molar-refractivity contribution >= 4 is 11.6 Å². The molecule has 16 heavy (non-hydrogen) atoms. The summed E-state index contributed by atoms with van der Waals surface area (Å²) in [6, 6.07) is 9.42. The van der Waals surface area contributed by atoms with Gasteiger partial charge in [0.05, 0.1) is 0 Å². The first-order valence-corrected chi connectivity index (χ1v) is 5.21. The number of phenolic OH excluding ortho intramolecular Hbond substituents is 1. The number of halogens is 2. The molecule has 0 bridgehead atoms. The minimum absolute atomic E-state index is 0.0838. The van der Waals surface area contributed by atoms with Crippen LogP contribution in [0.3, 0.4) is 0 Å². The molecule has 0 heterocycles. The molecule has 0 fully saturated rings. The maximum atomic E-state index is 13.6. The van der Waals surface area contributed by atoms with Crippen molar-refractivity contribution in [3.05, 3.63) is 52.8 Å². The third-order valence-corrected chi connectivity index (χ3v) is 2.84. The summed E-state index contributed by atoms with van der Waals surface area (Å²) in [5.41, 5.74) is 2.08. The molecule has 0 aliphatic heterocycles. The van der Waals surface area contributed by atoms with Gasteiger partial charge < -0.3 is 5.11 Å². The summed E-state index contributed by atoms with van der Waals surface area (Å²) in [7, 11) is 0. The van der Waals surface area contributed by atoms with Crippen molar-refractivity contribution in [1.29, 1.82) is 0 Å². The standard InChI is InChI=1S/C13H10ClFO/c1-8-2-3-9(6-12(8)14)11-5-4-10(16)7-13(11)15/h2-7,16H,1H3. The van der Waals surface area contributed by atoms with Crippen LogP contribution in [0.5, 0.6) is 5.75 Å². The number of rotatable bonds is 1. The molecule has 0 saturated carbocycles. The van der Waals surface area contributed by atoms with Gasteiger partial charge in [-0.2, -0.15) is 0 Å². The molecule has 3 heteroatoms. The third-order valence-electron chi connectivity index (χ3n) is 2.44. The Morgan fingerprint density at radius 2 is 1.88 bits per heavy atom. The molecule has 2 aromatic rings. The Morgan fingerprint density at radius 1 is 1.12 bits per heavy atom. The molecule has 0 spiro atoms. The zero-order valence-corrected chi connectivity index (χ0v) is 9.42. The van der Waals surface area contributed by atoms with E-state index in [9.17, 15) is 4.39 Å². The SMILES string of the molecule is Cc1ccc(-c2ccc(O)cc2F)cc1Cl. The predicted octanol–water partition coefficient (Wildman–Crippen LogP) is 4.16. The smallest absolute Gasteiger partial charge is 0.134 e. The van der Waals surface area contributed by atoms with Gasteiger partial charge in [-0.1, -0.05) is 23.7 Å². The number of hydrogen-bond donors (Lipinski definition) is 1. The molecule has 0 saturated heterocycles. The average molecular weight is 237 g/mol. The Hall–Kier alpha value is -1.54. The molecule has 0 aliphatic rings. The van der Waals surface area contributed by atoms with E-state index in [-0.39, 0.29) is 5.75 Å². The summed E-state index contributed by atoms with van der Waals surface area (Å²) in [4.78, 5) is 0. The van der Waals surface area contributed by atoms with E-state index >= 15 is 0 Å². The Balaban J connectivity index is 2.54. The van der Waals surface area contributed by atoms with Gasteiger partial charge in [-0.15, -0.1) is 0 Å². The van der Waals surface area contributed by atoms with Crippen LogP contribution in [0.4, 0.5) is 4.39 Å². The van der Waals surface area contributed by atoms with Crippen LogP contribution in [0.15, 0.2) is 36.4 Å². The van der Waals surface area contributed by atoms with Gasteiger partial charge >= 0.3 is 0 Å². The van der Waals surface area contributed by atoms with E-state index in [0.717, 1.165) is 11.6 Å². The lowest BCUT2D eigenvalue weighted by Gasteiger charge is -2.06. The molecule has 2 rings (SSSR count). The highest BCUT2D eigenvalue weighted by molar-refractivity contribution is 6.31. The highest BCUT2D eigenvalue weighted by Crippen LogP contribution is 2.28. The first-order chi connectivity index (χ1) is 7.58. The minimum Gasteiger partial charge on any atom is -0.508 e. The van der Waals surface area contributed by atoms with Crippen LogP contribution in [0.25, 0.3) is 11.1 Å². The lowest BCUT2D eigenvalue weighted by atomic mass is 10.0. The lowest BCUT2D eigenvalue weighted by molar-refractivity contribution is 0.469. The largest absolute Gasteiger partial charge is 0.508 e. The van der Waals surface area contributed by atoms with E-state index in [1.165, 1.54) is 12.1 Å². The van der Waals surface area contributed by atoms with E-state index in [0.29, 0.717) is 16.1 Å². The van der Waals surface area contributed by atoms with Gasteiger partial charge in [0, 0.05) is 16.7 Å². The number of phenols is 1. The van der Waals surface area contributed by atoms with E-state index in [1.54, 1.807) is 12.1 Å². The molecule has 0 amide bonds. The maximum absolute atomic E-state index is 13.6. The maximum Gasteiger partial charge on any atom is 0.134 e. The first kappa shape index (κ1) is 11.0. The molecular formula is C13H10ClFO. The van der Waals surface area contributed by atoms with Crippen LogP contribution < -0.4 is 0 Å². The third kappa shape index (κ3) is 2.02. The van der Waals surface area contributed by atoms with Crippen molar-refractivity contribution in [3.63, 3.8) is 0 Å². The highest BCUT2D eigenvalue weighted by atomic mass is 35.5. The molecule has 1 nitrogen and oxygen atoms in total. The van der Waals surface area contributed by atoms with Crippen molar-refractivity contribution in [2.45, 2.75) is 6.92 Å². The molecule has 0 unspecified atom stereocenters. The molecule has 0 aliphatic carbocycles. The van der Waals surface area contributed by atoms with E-state index in [2.05, 4.69) is 0 Å². The van der Waals surface area contributed by atoms with Gasteiger partial charge in [-0.25, -0.2) is 4.39 Å². The molecular weight excluding hydrogens is 227 g/mol. The van der Waals surface area contributed by atoms with Crippen LogP contribution in [0.2, 0.25) is 5.02 Å². The van der Waals surface area contributed by atoms with Gasteiger partial charge in [0.15, 0.2) is 0 Å².